The topological polar surface area (TPSA) is 44.8 Å². The molecule has 0 saturated heterocycles. The zero-order valence-electron chi connectivity index (χ0n) is 20.6. The molecule has 0 spiro atoms. The summed E-state index contributed by atoms with van der Waals surface area (Å²) in [6.07, 6.45) is 1.88. The van der Waals surface area contributed by atoms with Crippen LogP contribution in [0.25, 0.3) is 44.3 Å². The number of fused-ring (bicyclic) bond motifs is 3. The van der Waals surface area contributed by atoms with E-state index in [1.807, 2.05) is 24.4 Å². The highest BCUT2D eigenvalue weighted by atomic mass is 15.2. The number of hydrogen-bond donors (Lipinski definition) is 1. The van der Waals surface area contributed by atoms with E-state index in [9.17, 15) is 0 Å². The van der Waals surface area contributed by atoms with E-state index < -0.39 is 0 Å². The Bertz CT molecular complexity index is 1870. The fourth-order valence-electron chi connectivity index (χ4n) is 5.03. The summed E-state index contributed by atoms with van der Waals surface area (Å²) in [5, 5.41) is 2.32. The Hall–Kier alpha value is -5.22. The molecule has 38 heavy (non-hydrogen) atoms. The summed E-state index contributed by atoms with van der Waals surface area (Å²) in [6.45, 7) is 0. The summed E-state index contributed by atoms with van der Waals surface area (Å²) in [5.74, 6) is 0.855. The maximum Gasteiger partial charge on any atom is 0.139 e. The number of aromatic nitrogens is 3. The number of nitrogens with zero attached hydrogens (tertiary/aromatic N) is 3. The van der Waals surface area contributed by atoms with Crippen molar-refractivity contribution in [1.29, 1.82) is 0 Å². The van der Waals surface area contributed by atoms with Crippen LogP contribution in [0.4, 0.5) is 17.2 Å². The van der Waals surface area contributed by atoms with Gasteiger partial charge >= 0.3 is 0 Å². The van der Waals surface area contributed by atoms with Gasteiger partial charge in [0.1, 0.15) is 11.5 Å². The van der Waals surface area contributed by atoms with E-state index in [0.29, 0.717) is 0 Å². The Balaban J connectivity index is 1.34. The van der Waals surface area contributed by atoms with E-state index in [1.54, 1.807) is 0 Å². The molecule has 7 aromatic rings. The van der Waals surface area contributed by atoms with Gasteiger partial charge in [-0.2, -0.15) is 0 Å². The molecule has 0 aliphatic carbocycles. The fraction of sp³-hybridized carbons (Fsp3) is 0. The molecule has 180 valence electrons. The molecule has 7 rings (SSSR count). The van der Waals surface area contributed by atoms with Gasteiger partial charge in [-0.25, -0.2) is 9.97 Å². The Kier molecular flexibility index (Phi) is 5.41. The number of rotatable bonds is 5. The molecular weight excluding hydrogens is 464 g/mol. The molecular formula is C34H24N4. The lowest BCUT2D eigenvalue weighted by Gasteiger charge is -2.25. The van der Waals surface area contributed by atoms with Crippen LogP contribution in [0.2, 0.25) is 0 Å². The van der Waals surface area contributed by atoms with E-state index in [4.69, 9.17) is 9.97 Å². The number of pyridine rings is 2. The Morgan fingerprint density at radius 2 is 1.26 bits per heavy atom. The van der Waals surface area contributed by atoms with Crippen LogP contribution < -0.4 is 4.90 Å². The van der Waals surface area contributed by atoms with Crippen LogP contribution in [-0.4, -0.2) is 15.0 Å². The number of para-hydroxylation sites is 2. The van der Waals surface area contributed by atoms with Crippen LogP contribution >= 0.6 is 0 Å². The van der Waals surface area contributed by atoms with E-state index >= 15 is 0 Å². The number of anilines is 3. The summed E-state index contributed by atoms with van der Waals surface area (Å²) in [4.78, 5) is 15.4. The van der Waals surface area contributed by atoms with Gasteiger partial charge in [-0.3, -0.25) is 4.90 Å². The second-order valence-corrected chi connectivity index (χ2v) is 9.25. The van der Waals surface area contributed by atoms with Crippen LogP contribution in [-0.2, 0) is 0 Å². The molecule has 0 saturated carbocycles. The molecule has 1 N–H and O–H groups in total. The van der Waals surface area contributed by atoms with E-state index in [1.165, 1.54) is 5.39 Å². The van der Waals surface area contributed by atoms with Crippen LogP contribution in [0.3, 0.4) is 0 Å². The first-order chi connectivity index (χ1) is 18.8. The highest BCUT2D eigenvalue weighted by Crippen LogP contribution is 2.37. The molecule has 0 bridgehead atoms. The summed E-state index contributed by atoms with van der Waals surface area (Å²) in [7, 11) is 0. The average molecular weight is 489 g/mol. The number of nitrogens with one attached hydrogen (secondary N) is 1. The van der Waals surface area contributed by atoms with Gasteiger partial charge in [0.25, 0.3) is 0 Å². The molecule has 4 aromatic carbocycles. The van der Waals surface area contributed by atoms with Crippen molar-refractivity contribution in [3.05, 3.63) is 140 Å². The minimum Gasteiger partial charge on any atom is -0.339 e. The molecule has 4 nitrogen and oxygen atoms in total. The maximum absolute atomic E-state index is 4.99. The molecule has 0 unspecified atom stereocenters. The molecule has 0 radical (unpaired) electrons. The quantitative estimate of drug-likeness (QED) is 0.263. The predicted octanol–water partition coefficient (Wildman–Crippen LogP) is 8.91. The molecule has 3 heterocycles. The Morgan fingerprint density at radius 3 is 2.13 bits per heavy atom. The average Bonchev–Trinajstić information content (AvgIpc) is 3.37. The van der Waals surface area contributed by atoms with Gasteiger partial charge in [0.2, 0.25) is 0 Å². The van der Waals surface area contributed by atoms with Crippen molar-refractivity contribution >= 4 is 39.1 Å². The SMILES string of the molecule is c1ccc(-c2ccnc(N(c3ccccc3)c3cccc(-c4ccc5c(n4)[nH]c4ccccc45)c3)c2)cc1. The first kappa shape index (κ1) is 22.0. The van der Waals surface area contributed by atoms with Gasteiger partial charge in [-0.1, -0.05) is 78.9 Å². The van der Waals surface area contributed by atoms with Gasteiger partial charge in [0.15, 0.2) is 0 Å². The lowest BCUT2D eigenvalue weighted by Crippen LogP contribution is -2.11. The molecule has 0 atom stereocenters. The van der Waals surface area contributed by atoms with Crippen molar-refractivity contribution in [3.63, 3.8) is 0 Å². The summed E-state index contributed by atoms with van der Waals surface area (Å²) in [5.41, 5.74) is 8.30. The van der Waals surface area contributed by atoms with Gasteiger partial charge in [-0.15, -0.1) is 0 Å². The third-order valence-corrected chi connectivity index (χ3v) is 6.86. The lowest BCUT2D eigenvalue weighted by atomic mass is 10.1. The number of H-pyrrole nitrogens is 1. The standard InChI is InChI=1S/C34H24N4/c1-3-10-24(11-4-1)25-20-21-35-33(23-25)38(27-13-5-2-6-14-27)28-15-9-12-26(22-28)31-19-18-30-29-16-7-8-17-32(29)37-34(30)36-31/h1-23H,(H,36,37). The number of hydrogen-bond acceptors (Lipinski definition) is 3. The number of aromatic amines is 1. The zero-order chi connectivity index (χ0) is 25.3. The molecule has 3 aromatic heterocycles. The van der Waals surface area contributed by atoms with E-state index in [0.717, 1.165) is 56.1 Å². The molecule has 0 fully saturated rings. The third-order valence-electron chi connectivity index (χ3n) is 6.86. The minimum absolute atomic E-state index is 0.855. The second kappa shape index (κ2) is 9.34. The first-order valence-corrected chi connectivity index (χ1v) is 12.7. The highest BCUT2D eigenvalue weighted by molar-refractivity contribution is 6.06. The van der Waals surface area contributed by atoms with Crippen LogP contribution in [0, 0.1) is 0 Å². The van der Waals surface area contributed by atoms with Gasteiger partial charge in [0.05, 0.1) is 5.69 Å². The van der Waals surface area contributed by atoms with Crippen molar-refractivity contribution in [1.82, 2.24) is 15.0 Å². The molecule has 0 aliphatic heterocycles. The van der Waals surface area contributed by atoms with Crippen molar-refractivity contribution < 1.29 is 0 Å². The fourth-order valence-corrected chi connectivity index (χ4v) is 5.03. The highest BCUT2D eigenvalue weighted by Gasteiger charge is 2.16. The van der Waals surface area contributed by atoms with Gasteiger partial charge in [0, 0.05) is 39.4 Å². The van der Waals surface area contributed by atoms with Crippen molar-refractivity contribution in [2.45, 2.75) is 0 Å². The van der Waals surface area contributed by atoms with Crippen LogP contribution in [0.1, 0.15) is 0 Å². The molecule has 0 amide bonds. The Labute approximate surface area is 220 Å². The monoisotopic (exact) mass is 488 g/mol. The Morgan fingerprint density at radius 1 is 0.526 bits per heavy atom. The third kappa shape index (κ3) is 3.98. The zero-order valence-corrected chi connectivity index (χ0v) is 20.6. The van der Waals surface area contributed by atoms with Crippen LogP contribution in [0.15, 0.2) is 140 Å². The smallest absolute Gasteiger partial charge is 0.139 e. The van der Waals surface area contributed by atoms with Crippen molar-refractivity contribution in [2.75, 3.05) is 4.90 Å². The predicted molar refractivity (Wildman–Crippen MR) is 157 cm³/mol. The normalized spacial score (nSPS) is 11.2. The van der Waals surface area contributed by atoms with Gasteiger partial charge in [-0.05, 0) is 65.7 Å². The van der Waals surface area contributed by atoms with E-state index in [-0.39, 0.29) is 0 Å². The lowest BCUT2D eigenvalue weighted by molar-refractivity contribution is 1.18. The maximum atomic E-state index is 4.99. The minimum atomic E-state index is 0.855. The summed E-state index contributed by atoms with van der Waals surface area (Å²) >= 11 is 0. The number of benzene rings is 4. The van der Waals surface area contributed by atoms with Crippen molar-refractivity contribution in [3.8, 4) is 22.4 Å². The molecule has 0 aliphatic rings. The van der Waals surface area contributed by atoms with E-state index in [2.05, 4.69) is 125 Å². The van der Waals surface area contributed by atoms with Crippen molar-refractivity contribution in [2.24, 2.45) is 0 Å². The largest absolute Gasteiger partial charge is 0.339 e. The summed E-state index contributed by atoms with van der Waals surface area (Å²) < 4.78 is 0. The van der Waals surface area contributed by atoms with Gasteiger partial charge < -0.3 is 4.98 Å². The second-order valence-electron chi connectivity index (χ2n) is 9.25. The first-order valence-electron chi connectivity index (χ1n) is 12.7. The van der Waals surface area contributed by atoms with Crippen LogP contribution in [0.5, 0.6) is 0 Å². The summed E-state index contributed by atoms with van der Waals surface area (Å²) in [6, 6.07) is 46.0. The molecule has 4 heteroatoms.